The molecule has 0 radical (unpaired) electrons. The number of methoxy groups -OCH3 is 2. The Morgan fingerprint density at radius 2 is 1.93 bits per heavy atom. The van der Waals surface area contributed by atoms with Gasteiger partial charge in [-0.25, -0.2) is 13.8 Å². The molecule has 1 atom stereocenters. The third-order valence-corrected chi connectivity index (χ3v) is 5.25. The minimum Gasteiger partial charge on any atom is -0.493 e. The molecule has 0 aliphatic carbocycles. The van der Waals surface area contributed by atoms with Gasteiger partial charge in [0.05, 0.1) is 42.4 Å². The van der Waals surface area contributed by atoms with Crippen molar-refractivity contribution in [3.05, 3.63) is 40.2 Å². The van der Waals surface area contributed by atoms with Gasteiger partial charge >= 0.3 is 0 Å². The highest BCUT2D eigenvalue weighted by Crippen LogP contribution is 2.33. The summed E-state index contributed by atoms with van der Waals surface area (Å²) in [7, 11) is 2.54. The minimum absolute atomic E-state index is 0.0488. The number of nitrogen functional groups attached to an aromatic ring is 1. The standard InChI is InChI=1S/C20H18ClF2N5O2/c1-29-14-7-15(30-2)18(23)11(17(14)22)3-4-13-16-19(12(21)9-26-20(16)24)28(27-13)10-5-6-25-8-10/h7,9-10,25H,5-6,8H2,1-2H3,(H2,24,26)/t10-/m0/s1. The molecule has 3 N–H and O–H groups in total. The molecule has 3 aromatic rings. The van der Waals surface area contributed by atoms with Crippen molar-refractivity contribution >= 4 is 28.3 Å². The van der Waals surface area contributed by atoms with E-state index in [1.807, 2.05) is 0 Å². The van der Waals surface area contributed by atoms with E-state index < -0.39 is 17.2 Å². The average Bonchev–Trinajstić information content (AvgIpc) is 3.39. The van der Waals surface area contributed by atoms with Crippen molar-refractivity contribution in [3.63, 3.8) is 0 Å². The van der Waals surface area contributed by atoms with E-state index in [0.717, 1.165) is 19.0 Å². The number of ether oxygens (including phenoxy) is 2. The number of benzene rings is 1. The van der Waals surface area contributed by atoms with E-state index in [2.05, 4.69) is 27.2 Å². The van der Waals surface area contributed by atoms with Crippen LogP contribution in [0.5, 0.6) is 11.5 Å². The van der Waals surface area contributed by atoms with Gasteiger partial charge in [0.25, 0.3) is 0 Å². The molecule has 1 saturated heterocycles. The zero-order valence-electron chi connectivity index (χ0n) is 16.2. The summed E-state index contributed by atoms with van der Waals surface area (Å²) < 4.78 is 40.9. The first-order valence-corrected chi connectivity index (χ1v) is 9.49. The van der Waals surface area contributed by atoms with Crippen LogP contribution in [0.2, 0.25) is 5.02 Å². The Bertz CT molecular complexity index is 1170. The molecule has 1 aromatic carbocycles. The van der Waals surface area contributed by atoms with E-state index >= 15 is 0 Å². The van der Waals surface area contributed by atoms with Gasteiger partial charge in [0.15, 0.2) is 23.1 Å². The van der Waals surface area contributed by atoms with Crippen LogP contribution >= 0.6 is 11.6 Å². The topological polar surface area (TPSA) is 87.2 Å². The number of nitrogens with one attached hydrogen (secondary N) is 1. The van der Waals surface area contributed by atoms with Crippen LogP contribution in [0.1, 0.15) is 23.7 Å². The van der Waals surface area contributed by atoms with Crippen molar-refractivity contribution < 1.29 is 18.3 Å². The van der Waals surface area contributed by atoms with Crippen LogP contribution in [0.4, 0.5) is 14.6 Å². The SMILES string of the molecule is COc1cc(OC)c(F)c(C#Cc2nn([C@H]3CCNC3)c3c(Cl)cnc(N)c23)c1F. The summed E-state index contributed by atoms with van der Waals surface area (Å²) >= 11 is 6.37. The minimum atomic E-state index is -0.934. The molecule has 10 heteroatoms. The number of fused-ring (bicyclic) bond motifs is 1. The number of halogens is 3. The summed E-state index contributed by atoms with van der Waals surface area (Å²) in [5, 5.41) is 8.62. The molecule has 0 bridgehead atoms. The number of hydrogen-bond donors (Lipinski definition) is 2. The van der Waals surface area contributed by atoms with E-state index in [1.165, 1.54) is 20.4 Å². The van der Waals surface area contributed by atoms with Gasteiger partial charge in [-0.3, -0.25) is 4.68 Å². The van der Waals surface area contributed by atoms with Crippen LogP contribution in [0.15, 0.2) is 12.3 Å². The van der Waals surface area contributed by atoms with Gasteiger partial charge in [0, 0.05) is 12.6 Å². The van der Waals surface area contributed by atoms with Gasteiger partial charge in [-0.1, -0.05) is 17.5 Å². The third-order valence-electron chi connectivity index (χ3n) is 4.97. The van der Waals surface area contributed by atoms with Crippen LogP contribution in [0.25, 0.3) is 10.9 Å². The van der Waals surface area contributed by atoms with Crippen molar-refractivity contribution in [3.8, 4) is 23.3 Å². The maximum Gasteiger partial charge on any atom is 0.183 e. The van der Waals surface area contributed by atoms with E-state index in [0.29, 0.717) is 22.5 Å². The van der Waals surface area contributed by atoms with Crippen LogP contribution in [-0.4, -0.2) is 42.1 Å². The molecule has 1 fully saturated rings. The Balaban J connectivity index is 1.92. The number of pyridine rings is 1. The van der Waals surface area contributed by atoms with Crippen LogP contribution in [0.3, 0.4) is 0 Å². The monoisotopic (exact) mass is 433 g/mol. The second-order valence-electron chi connectivity index (χ2n) is 6.69. The Morgan fingerprint density at radius 1 is 1.23 bits per heavy atom. The summed E-state index contributed by atoms with van der Waals surface area (Å²) in [5.74, 6) is 3.18. The normalized spacial score (nSPS) is 15.8. The first kappa shape index (κ1) is 20.2. The summed E-state index contributed by atoms with van der Waals surface area (Å²) in [6, 6.07) is 1.17. The maximum atomic E-state index is 14.6. The van der Waals surface area contributed by atoms with Gasteiger partial charge in [0.1, 0.15) is 17.1 Å². The summed E-state index contributed by atoms with van der Waals surface area (Å²) in [6.45, 7) is 1.55. The molecule has 30 heavy (non-hydrogen) atoms. The highest BCUT2D eigenvalue weighted by molar-refractivity contribution is 6.35. The van der Waals surface area contributed by atoms with Crippen LogP contribution < -0.4 is 20.5 Å². The van der Waals surface area contributed by atoms with Gasteiger partial charge in [-0.15, -0.1) is 0 Å². The smallest absolute Gasteiger partial charge is 0.183 e. The maximum absolute atomic E-state index is 14.6. The van der Waals surface area contributed by atoms with Gasteiger partial charge in [-0.05, 0) is 18.9 Å². The molecule has 0 saturated carbocycles. The van der Waals surface area contributed by atoms with Crippen LogP contribution in [0, 0.1) is 23.5 Å². The second kappa shape index (κ2) is 7.97. The number of aromatic nitrogens is 3. The largest absolute Gasteiger partial charge is 0.493 e. The fraction of sp³-hybridized carbons (Fsp3) is 0.300. The fourth-order valence-electron chi connectivity index (χ4n) is 3.47. The zero-order chi connectivity index (χ0) is 21.4. The number of rotatable bonds is 3. The molecule has 0 unspecified atom stereocenters. The molecular formula is C20H18ClF2N5O2. The van der Waals surface area contributed by atoms with Gasteiger partial charge in [0.2, 0.25) is 0 Å². The quantitative estimate of drug-likeness (QED) is 0.618. The third kappa shape index (κ3) is 3.28. The van der Waals surface area contributed by atoms with E-state index in [-0.39, 0.29) is 29.1 Å². The number of hydrogen-bond acceptors (Lipinski definition) is 6. The second-order valence-corrected chi connectivity index (χ2v) is 7.10. The lowest BCUT2D eigenvalue weighted by atomic mass is 10.1. The first-order chi connectivity index (χ1) is 14.5. The van der Waals surface area contributed by atoms with E-state index in [1.54, 1.807) is 4.68 Å². The van der Waals surface area contributed by atoms with Crippen LogP contribution in [-0.2, 0) is 0 Å². The molecule has 3 heterocycles. The summed E-state index contributed by atoms with van der Waals surface area (Å²) in [4.78, 5) is 4.07. The van der Waals surface area contributed by atoms with Gasteiger partial charge < -0.3 is 20.5 Å². The van der Waals surface area contributed by atoms with Crippen molar-refractivity contribution in [2.75, 3.05) is 33.0 Å². The van der Waals surface area contributed by atoms with E-state index in [4.69, 9.17) is 26.8 Å². The van der Waals surface area contributed by atoms with Crippen molar-refractivity contribution in [1.82, 2.24) is 20.1 Å². The first-order valence-electron chi connectivity index (χ1n) is 9.11. The number of anilines is 1. The Hall–Kier alpha value is -3.09. The predicted molar refractivity (Wildman–Crippen MR) is 109 cm³/mol. The molecule has 156 valence electrons. The zero-order valence-corrected chi connectivity index (χ0v) is 17.0. The Kier molecular flexibility index (Phi) is 5.37. The van der Waals surface area contributed by atoms with E-state index in [9.17, 15) is 8.78 Å². The fourth-order valence-corrected chi connectivity index (χ4v) is 3.70. The lowest BCUT2D eigenvalue weighted by molar-refractivity contribution is 0.357. The lowest BCUT2D eigenvalue weighted by Crippen LogP contribution is -2.14. The Labute approximate surface area is 176 Å². The predicted octanol–water partition coefficient (Wildman–Crippen LogP) is 2.90. The Morgan fingerprint density at radius 3 is 2.53 bits per heavy atom. The number of nitrogens with two attached hydrogens (primary N) is 1. The molecule has 4 rings (SSSR count). The number of nitrogens with zero attached hydrogens (tertiary/aromatic N) is 3. The average molecular weight is 434 g/mol. The summed E-state index contributed by atoms with van der Waals surface area (Å²) in [5.41, 5.74) is 6.38. The molecule has 1 aliphatic rings. The molecule has 0 amide bonds. The summed E-state index contributed by atoms with van der Waals surface area (Å²) in [6.07, 6.45) is 2.29. The van der Waals surface area contributed by atoms with Crippen molar-refractivity contribution in [2.45, 2.75) is 12.5 Å². The molecule has 7 nitrogen and oxygen atoms in total. The highest BCUT2D eigenvalue weighted by atomic mass is 35.5. The molecule has 2 aromatic heterocycles. The van der Waals surface area contributed by atoms with Crippen molar-refractivity contribution in [1.29, 1.82) is 0 Å². The molecular weight excluding hydrogens is 416 g/mol. The molecule has 1 aliphatic heterocycles. The van der Waals surface area contributed by atoms with Crippen molar-refractivity contribution in [2.24, 2.45) is 0 Å². The highest BCUT2D eigenvalue weighted by Gasteiger charge is 2.24. The molecule has 0 spiro atoms. The lowest BCUT2D eigenvalue weighted by Gasteiger charge is -2.11. The van der Waals surface area contributed by atoms with Gasteiger partial charge in [-0.2, -0.15) is 5.10 Å².